The van der Waals surface area contributed by atoms with Crippen LogP contribution in [-0.2, 0) is 15.3 Å². The van der Waals surface area contributed by atoms with Gasteiger partial charge in [-0.1, -0.05) is 95.4 Å². The molecule has 204 valence electrons. The van der Waals surface area contributed by atoms with Gasteiger partial charge in [-0.05, 0) is 59.5 Å². The lowest BCUT2D eigenvalue weighted by Gasteiger charge is -2.22. The Labute approximate surface area is 244 Å². The molecule has 6 nitrogen and oxygen atoms in total. The van der Waals surface area contributed by atoms with Gasteiger partial charge >= 0.3 is 5.91 Å². The Hall–Kier alpha value is -4.34. The molecule has 41 heavy (non-hydrogen) atoms. The first kappa shape index (κ1) is 26.9. The average molecular weight is 582 g/mol. The summed E-state index contributed by atoms with van der Waals surface area (Å²) in [5.74, 6) is -1.76. The van der Waals surface area contributed by atoms with Gasteiger partial charge in [0.25, 0.3) is 5.78 Å². The molecule has 1 amide bonds. The number of carbonyl (C=O) groups is 2. The SMILES string of the molecule is Cc1ccc(C)c(C(O)=C2C(=O)C(=O)N(c3nnc(SCc4cccc5ccccc45)s3)C2c2ccc(F)cc2)c1. The first-order chi connectivity index (χ1) is 19.8. The summed E-state index contributed by atoms with van der Waals surface area (Å²) in [7, 11) is 0. The van der Waals surface area contributed by atoms with Crippen molar-refractivity contribution >= 4 is 56.5 Å². The van der Waals surface area contributed by atoms with Gasteiger partial charge in [0.1, 0.15) is 11.6 Å². The first-order valence-electron chi connectivity index (χ1n) is 12.9. The zero-order valence-corrected chi connectivity index (χ0v) is 23.8. The van der Waals surface area contributed by atoms with E-state index in [1.165, 1.54) is 52.3 Å². The van der Waals surface area contributed by atoms with Crippen molar-refractivity contribution in [1.29, 1.82) is 0 Å². The van der Waals surface area contributed by atoms with Gasteiger partial charge in [0.15, 0.2) is 4.34 Å². The van der Waals surface area contributed by atoms with E-state index in [4.69, 9.17) is 0 Å². The van der Waals surface area contributed by atoms with Crippen LogP contribution in [0, 0.1) is 19.7 Å². The number of hydrogen-bond donors (Lipinski definition) is 1. The molecule has 1 aliphatic heterocycles. The number of hydrogen-bond acceptors (Lipinski definition) is 7. The summed E-state index contributed by atoms with van der Waals surface area (Å²) in [5.41, 5.74) is 3.64. The number of anilines is 1. The lowest BCUT2D eigenvalue weighted by atomic mass is 9.93. The van der Waals surface area contributed by atoms with Crippen LogP contribution in [0.4, 0.5) is 9.52 Å². The lowest BCUT2D eigenvalue weighted by molar-refractivity contribution is -0.132. The number of carbonyl (C=O) groups excluding carboxylic acids is 2. The van der Waals surface area contributed by atoms with Crippen LogP contribution in [0.25, 0.3) is 16.5 Å². The molecular formula is C32H24FN3O3S2. The molecule has 5 aromatic rings. The van der Waals surface area contributed by atoms with E-state index in [-0.39, 0.29) is 16.5 Å². The molecule has 2 heterocycles. The predicted molar refractivity (Wildman–Crippen MR) is 161 cm³/mol. The summed E-state index contributed by atoms with van der Waals surface area (Å²) in [6.07, 6.45) is 0. The van der Waals surface area contributed by atoms with Crippen molar-refractivity contribution in [2.75, 3.05) is 4.90 Å². The number of rotatable bonds is 6. The highest BCUT2D eigenvalue weighted by Gasteiger charge is 2.48. The number of halogens is 1. The number of aliphatic hydroxyl groups is 1. The van der Waals surface area contributed by atoms with E-state index in [2.05, 4.69) is 34.5 Å². The minimum Gasteiger partial charge on any atom is -0.507 e. The molecule has 4 aromatic carbocycles. The van der Waals surface area contributed by atoms with Gasteiger partial charge in [-0.15, -0.1) is 10.2 Å². The Morgan fingerprint density at radius 3 is 2.54 bits per heavy atom. The standard InChI is InChI=1S/C32H24FN3O3S2/c1-18-10-11-19(2)25(16-18)28(37)26-27(21-12-14-23(33)15-13-21)36(30(39)29(26)38)31-34-35-32(41-31)40-17-22-8-5-7-20-6-3-4-9-24(20)22/h3-16,27,37H,17H2,1-2H3. The van der Waals surface area contributed by atoms with Gasteiger partial charge in [-0.3, -0.25) is 14.5 Å². The molecule has 0 radical (unpaired) electrons. The molecule has 1 N–H and O–H groups in total. The molecule has 6 rings (SSSR count). The third kappa shape index (κ3) is 5.03. The van der Waals surface area contributed by atoms with Crippen LogP contribution in [0.3, 0.4) is 0 Å². The fourth-order valence-corrected chi connectivity index (χ4v) is 6.91. The summed E-state index contributed by atoms with van der Waals surface area (Å²) >= 11 is 2.68. The smallest absolute Gasteiger partial charge is 0.301 e. The number of amides is 1. The fourth-order valence-electron chi connectivity index (χ4n) is 5.04. The molecule has 0 spiro atoms. The van der Waals surface area contributed by atoms with Gasteiger partial charge < -0.3 is 5.11 Å². The zero-order chi connectivity index (χ0) is 28.7. The van der Waals surface area contributed by atoms with Crippen molar-refractivity contribution in [3.8, 4) is 0 Å². The van der Waals surface area contributed by atoms with E-state index in [1.807, 2.05) is 44.2 Å². The largest absolute Gasteiger partial charge is 0.507 e. The topological polar surface area (TPSA) is 83.4 Å². The van der Waals surface area contributed by atoms with Crippen molar-refractivity contribution < 1.29 is 19.1 Å². The number of aliphatic hydroxyl groups excluding tert-OH is 1. The van der Waals surface area contributed by atoms with Crippen LogP contribution in [0.1, 0.15) is 33.9 Å². The number of aryl methyl sites for hydroxylation is 2. The van der Waals surface area contributed by atoms with Gasteiger partial charge in [0.2, 0.25) is 5.13 Å². The van der Waals surface area contributed by atoms with Crippen LogP contribution in [0.5, 0.6) is 0 Å². The van der Waals surface area contributed by atoms with Gasteiger partial charge in [-0.2, -0.15) is 0 Å². The summed E-state index contributed by atoms with van der Waals surface area (Å²) < 4.78 is 14.5. The number of ketones is 1. The number of thioether (sulfide) groups is 1. The summed E-state index contributed by atoms with van der Waals surface area (Å²) in [6.45, 7) is 3.70. The van der Waals surface area contributed by atoms with Crippen molar-refractivity contribution in [3.05, 3.63) is 124 Å². The lowest BCUT2D eigenvalue weighted by Crippen LogP contribution is -2.29. The molecule has 1 aliphatic rings. The fraction of sp³-hybridized carbons (Fsp3) is 0.125. The minimum atomic E-state index is -1.00. The Morgan fingerprint density at radius 2 is 1.73 bits per heavy atom. The zero-order valence-electron chi connectivity index (χ0n) is 22.2. The number of aromatic nitrogens is 2. The normalized spacial score (nSPS) is 16.6. The predicted octanol–water partition coefficient (Wildman–Crippen LogP) is 7.37. The number of nitrogens with zero attached hydrogens (tertiary/aromatic N) is 3. The van der Waals surface area contributed by atoms with Crippen LogP contribution in [-0.4, -0.2) is 27.0 Å². The minimum absolute atomic E-state index is 0.0736. The second-order valence-electron chi connectivity index (χ2n) is 9.82. The molecular weight excluding hydrogens is 558 g/mol. The Kier molecular flexibility index (Phi) is 7.15. The highest BCUT2D eigenvalue weighted by molar-refractivity contribution is 8.00. The van der Waals surface area contributed by atoms with Gasteiger partial charge in [0, 0.05) is 11.3 Å². The van der Waals surface area contributed by atoms with E-state index in [1.54, 1.807) is 6.07 Å². The molecule has 0 bridgehead atoms. The van der Waals surface area contributed by atoms with E-state index in [0.717, 1.165) is 27.5 Å². The summed E-state index contributed by atoms with van der Waals surface area (Å²) in [4.78, 5) is 28.2. The molecule has 0 saturated carbocycles. The van der Waals surface area contributed by atoms with Crippen molar-refractivity contribution in [3.63, 3.8) is 0 Å². The van der Waals surface area contributed by atoms with Crippen molar-refractivity contribution in [1.82, 2.24) is 10.2 Å². The highest BCUT2D eigenvalue weighted by Crippen LogP contribution is 2.44. The molecule has 0 aliphatic carbocycles. The van der Waals surface area contributed by atoms with Crippen LogP contribution >= 0.6 is 23.1 Å². The molecule has 1 fully saturated rings. The van der Waals surface area contributed by atoms with Gasteiger partial charge in [-0.25, -0.2) is 4.39 Å². The van der Waals surface area contributed by atoms with E-state index in [9.17, 15) is 19.1 Å². The maximum Gasteiger partial charge on any atom is 0.301 e. The summed E-state index contributed by atoms with van der Waals surface area (Å²) in [5, 5.41) is 22.5. The van der Waals surface area contributed by atoms with Gasteiger partial charge in [0.05, 0.1) is 11.6 Å². The van der Waals surface area contributed by atoms with E-state index < -0.39 is 23.5 Å². The average Bonchev–Trinajstić information content (AvgIpc) is 3.55. The second-order valence-corrected chi connectivity index (χ2v) is 12.0. The molecule has 1 saturated heterocycles. The van der Waals surface area contributed by atoms with Crippen molar-refractivity contribution in [2.45, 2.75) is 30.0 Å². The Morgan fingerprint density at radius 1 is 0.976 bits per heavy atom. The van der Waals surface area contributed by atoms with Crippen LogP contribution in [0.2, 0.25) is 0 Å². The van der Waals surface area contributed by atoms with Crippen molar-refractivity contribution in [2.24, 2.45) is 0 Å². The first-order valence-corrected chi connectivity index (χ1v) is 14.7. The third-order valence-corrected chi connectivity index (χ3v) is 9.22. The number of Topliss-reactive ketones (excluding diaryl/α,β-unsaturated/α-hetero) is 1. The van der Waals surface area contributed by atoms with E-state index >= 15 is 0 Å². The Balaban J connectivity index is 1.38. The molecule has 1 aromatic heterocycles. The molecule has 1 unspecified atom stereocenters. The third-order valence-electron chi connectivity index (χ3n) is 7.11. The number of benzene rings is 4. The highest BCUT2D eigenvalue weighted by atomic mass is 32.2. The van der Waals surface area contributed by atoms with E-state index in [0.29, 0.717) is 21.2 Å². The molecule has 9 heteroatoms. The molecule has 1 atom stereocenters. The van der Waals surface area contributed by atoms with Crippen LogP contribution < -0.4 is 4.90 Å². The summed E-state index contributed by atoms with van der Waals surface area (Å²) in [6, 6.07) is 24.4. The maximum absolute atomic E-state index is 13.9. The monoisotopic (exact) mass is 581 g/mol. The van der Waals surface area contributed by atoms with Crippen LogP contribution in [0.15, 0.2) is 94.8 Å². The maximum atomic E-state index is 13.9. The Bertz CT molecular complexity index is 1840. The second kappa shape index (κ2) is 10.9. The quantitative estimate of drug-likeness (QED) is 0.0741. The number of fused-ring (bicyclic) bond motifs is 1.